The molecule has 8 nitrogen and oxygen atoms in total. The van der Waals surface area contributed by atoms with Crippen LogP contribution >= 0.6 is 0 Å². The van der Waals surface area contributed by atoms with Crippen molar-refractivity contribution in [2.75, 3.05) is 0 Å². The maximum absolute atomic E-state index is 10.7. The second kappa shape index (κ2) is 4.11. The van der Waals surface area contributed by atoms with Crippen LogP contribution in [-0.2, 0) is 6.42 Å². The molecular weight excluding hydrogens is 212 g/mol. The zero-order chi connectivity index (χ0) is 11.5. The Kier molecular flexibility index (Phi) is 2.64. The molecule has 1 amide bonds. The quantitative estimate of drug-likeness (QED) is 0.615. The molecule has 0 saturated carbocycles. The van der Waals surface area contributed by atoms with Gasteiger partial charge in [0.25, 0.3) is 11.7 Å². The lowest BCUT2D eigenvalue weighted by Crippen LogP contribution is -2.16. The number of nitrogens with zero attached hydrogens (tertiary/aromatic N) is 3. The number of aromatic nitrogens is 4. The van der Waals surface area contributed by atoms with Gasteiger partial charge in [-0.05, 0) is 0 Å². The number of imidazole rings is 1. The summed E-state index contributed by atoms with van der Waals surface area (Å²) in [5, 5.41) is 3.40. The van der Waals surface area contributed by atoms with E-state index in [4.69, 9.17) is 16.0 Å². The van der Waals surface area contributed by atoms with Gasteiger partial charge in [0.05, 0.1) is 12.4 Å². The molecule has 2 rings (SSSR count). The molecule has 1 atom stereocenters. The molecule has 0 fully saturated rings. The first-order valence-electron chi connectivity index (χ1n) is 4.53. The second-order valence-corrected chi connectivity index (χ2v) is 3.21. The van der Waals surface area contributed by atoms with Gasteiger partial charge in [0.1, 0.15) is 0 Å². The summed E-state index contributed by atoms with van der Waals surface area (Å²) in [6, 6.07) is -0.499. The molecule has 0 aliphatic rings. The fourth-order valence-corrected chi connectivity index (χ4v) is 1.21. The van der Waals surface area contributed by atoms with Gasteiger partial charge in [0, 0.05) is 18.3 Å². The fourth-order valence-electron chi connectivity index (χ4n) is 1.21. The first kappa shape index (κ1) is 10.3. The van der Waals surface area contributed by atoms with Gasteiger partial charge in [-0.1, -0.05) is 5.16 Å². The maximum atomic E-state index is 10.7. The summed E-state index contributed by atoms with van der Waals surface area (Å²) in [5.74, 6) is -0.748. The van der Waals surface area contributed by atoms with Crippen LogP contribution in [0.2, 0.25) is 0 Å². The van der Waals surface area contributed by atoms with Crippen LogP contribution in [0.5, 0.6) is 0 Å². The summed E-state index contributed by atoms with van der Waals surface area (Å²) in [5.41, 5.74) is 11.6. The Labute approximate surface area is 90.0 Å². The lowest BCUT2D eigenvalue weighted by Gasteiger charge is -2.03. The van der Waals surface area contributed by atoms with Crippen molar-refractivity contribution < 1.29 is 9.32 Å². The van der Waals surface area contributed by atoms with Gasteiger partial charge in [-0.2, -0.15) is 4.98 Å². The molecule has 2 aromatic rings. The average molecular weight is 222 g/mol. The van der Waals surface area contributed by atoms with Crippen molar-refractivity contribution in [3.8, 4) is 0 Å². The van der Waals surface area contributed by atoms with Gasteiger partial charge in [0.15, 0.2) is 0 Å². The number of aromatic amines is 1. The number of amides is 1. The van der Waals surface area contributed by atoms with Crippen molar-refractivity contribution in [1.29, 1.82) is 0 Å². The number of primary amides is 1. The first-order chi connectivity index (χ1) is 7.66. The van der Waals surface area contributed by atoms with Crippen LogP contribution in [-0.4, -0.2) is 26.0 Å². The Morgan fingerprint density at radius 1 is 1.62 bits per heavy atom. The van der Waals surface area contributed by atoms with Crippen LogP contribution < -0.4 is 11.5 Å². The maximum Gasteiger partial charge on any atom is 0.290 e. The lowest BCUT2D eigenvalue weighted by atomic mass is 10.2. The Hall–Kier alpha value is -2.22. The largest absolute Gasteiger partial charge is 0.363 e. The van der Waals surface area contributed by atoms with Crippen molar-refractivity contribution in [1.82, 2.24) is 20.1 Å². The van der Waals surface area contributed by atoms with E-state index >= 15 is 0 Å². The van der Waals surface area contributed by atoms with Crippen LogP contribution in [0, 0.1) is 0 Å². The molecule has 0 bridgehead atoms. The number of carbonyl (C=O) groups is 1. The van der Waals surface area contributed by atoms with Gasteiger partial charge < -0.3 is 21.0 Å². The highest BCUT2D eigenvalue weighted by atomic mass is 16.5. The second-order valence-electron chi connectivity index (χ2n) is 3.21. The van der Waals surface area contributed by atoms with E-state index in [0.717, 1.165) is 5.69 Å². The molecule has 1 unspecified atom stereocenters. The van der Waals surface area contributed by atoms with E-state index < -0.39 is 11.9 Å². The van der Waals surface area contributed by atoms with Crippen molar-refractivity contribution in [3.05, 3.63) is 29.9 Å². The number of nitrogens with one attached hydrogen (secondary N) is 1. The summed E-state index contributed by atoms with van der Waals surface area (Å²) in [7, 11) is 0. The van der Waals surface area contributed by atoms with Gasteiger partial charge in [-0.3, -0.25) is 4.79 Å². The predicted molar refractivity (Wildman–Crippen MR) is 52.0 cm³/mol. The third kappa shape index (κ3) is 2.06. The van der Waals surface area contributed by atoms with E-state index in [9.17, 15) is 4.79 Å². The number of hydrogen-bond donors (Lipinski definition) is 3. The topological polar surface area (TPSA) is 137 Å². The van der Waals surface area contributed by atoms with Crippen molar-refractivity contribution in [3.63, 3.8) is 0 Å². The smallest absolute Gasteiger partial charge is 0.290 e. The van der Waals surface area contributed by atoms with Crippen LogP contribution in [0.4, 0.5) is 0 Å². The molecule has 84 valence electrons. The Morgan fingerprint density at radius 2 is 2.44 bits per heavy atom. The lowest BCUT2D eigenvalue weighted by molar-refractivity contribution is 0.0987. The molecule has 16 heavy (non-hydrogen) atoms. The van der Waals surface area contributed by atoms with Gasteiger partial charge >= 0.3 is 0 Å². The highest BCUT2D eigenvalue weighted by Crippen LogP contribution is 2.12. The fraction of sp³-hybridized carbons (Fsp3) is 0.250. The number of nitrogens with two attached hydrogens (primary N) is 2. The Balaban J connectivity index is 2.08. The van der Waals surface area contributed by atoms with Crippen LogP contribution in [0.25, 0.3) is 0 Å². The molecule has 0 radical (unpaired) electrons. The van der Waals surface area contributed by atoms with E-state index in [1.165, 1.54) is 0 Å². The monoisotopic (exact) mass is 222 g/mol. The molecule has 2 heterocycles. The molecule has 8 heteroatoms. The van der Waals surface area contributed by atoms with E-state index in [0.29, 0.717) is 6.42 Å². The van der Waals surface area contributed by atoms with Crippen LogP contribution in [0.3, 0.4) is 0 Å². The number of H-pyrrole nitrogens is 1. The molecule has 0 saturated heterocycles. The van der Waals surface area contributed by atoms with Crippen molar-refractivity contribution in [2.45, 2.75) is 12.5 Å². The van der Waals surface area contributed by atoms with Gasteiger partial charge in [0.2, 0.25) is 5.89 Å². The number of rotatable bonds is 4. The summed E-state index contributed by atoms with van der Waals surface area (Å²) < 4.78 is 4.82. The summed E-state index contributed by atoms with van der Waals surface area (Å²) >= 11 is 0. The molecule has 0 spiro atoms. The average Bonchev–Trinajstić information content (AvgIpc) is 2.86. The minimum atomic E-state index is -0.747. The Morgan fingerprint density at radius 3 is 3.00 bits per heavy atom. The van der Waals surface area contributed by atoms with Crippen molar-refractivity contribution >= 4 is 5.91 Å². The first-order valence-corrected chi connectivity index (χ1v) is 4.53. The highest BCUT2D eigenvalue weighted by molar-refractivity contribution is 5.88. The summed E-state index contributed by atoms with van der Waals surface area (Å²) in [4.78, 5) is 21.3. The highest BCUT2D eigenvalue weighted by Gasteiger charge is 2.17. The molecule has 0 aliphatic carbocycles. The molecular formula is C8H10N6O2. The number of carbonyl (C=O) groups excluding carboxylic acids is 1. The van der Waals surface area contributed by atoms with E-state index in [2.05, 4.69) is 20.1 Å². The molecule has 0 aliphatic heterocycles. The number of hydrogen-bond acceptors (Lipinski definition) is 6. The van der Waals surface area contributed by atoms with Gasteiger partial charge in [-0.15, -0.1) is 0 Å². The predicted octanol–water partition coefficient (Wildman–Crippen LogP) is -0.866. The van der Waals surface area contributed by atoms with E-state index in [1.54, 1.807) is 12.5 Å². The van der Waals surface area contributed by atoms with Crippen LogP contribution in [0.15, 0.2) is 17.0 Å². The standard InChI is InChI=1S/C8H10N6O2/c9-5(1-4-2-11-3-12-4)8-13-7(6(10)15)14-16-8/h2-3,5H,1,9H2,(H2,10,15)(H,11,12). The van der Waals surface area contributed by atoms with E-state index in [1.807, 2.05) is 0 Å². The van der Waals surface area contributed by atoms with Crippen LogP contribution in [0.1, 0.15) is 28.2 Å². The zero-order valence-electron chi connectivity index (χ0n) is 8.25. The van der Waals surface area contributed by atoms with E-state index in [-0.39, 0.29) is 11.7 Å². The van der Waals surface area contributed by atoms with Gasteiger partial charge in [-0.25, -0.2) is 4.98 Å². The molecule has 2 aromatic heterocycles. The molecule has 5 N–H and O–H groups in total. The van der Waals surface area contributed by atoms with Crippen molar-refractivity contribution in [2.24, 2.45) is 11.5 Å². The minimum Gasteiger partial charge on any atom is -0.363 e. The minimum absolute atomic E-state index is 0.170. The Bertz CT molecular complexity index is 476. The summed E-state index contributed by atoms with van der Waals surface area (Å²) in [6.07, 6.45) is 3.65. The third-order valence-corrected chi connectivity index (χ3v) is 1.97. The summed E-state index contributed by atoms with van der Waals surface area (Å²) in [6.45, 7) is 0. The molecule has 0 aromatic carbocycles. The normalized spacial score (nSPS) is 12.6. The third-order valence-electron chi connectivity index (χ3n) is 1.97. The zero-order valence-corrected chi connectivity index (χ0v) is 8.25. The SMILES string of the molecule is NC(=O)c1noc(C(N)Cc2cnc[nH]2)n1.